The number of methoxy groups -OCH3 is 2. The third-order valence-electron chi connectivity index (χ3n) is 13.2. The van der Waals surface area contributed by atoms with Crippen LogP contribution in [0.2, 0.25) is 0 Å². The number of nitrogens with zero attached hydrogens (tertiary/aromatic N) is 2. The molecule has 1 unspecified atom stereocenters. The number of likely N-dealkylation sites (N-methyl/N-ethyl adjacent to an activating group) is 1. The first-order valence-corrected chi connectivity index (χ1v) is 23.2. The fraction of sp³-hybridized carbons (Fsp3) is 0.647. The molecule has 1 atom stereocenters. The van der Waals surface area contributed by atoms with Crippen molar-refractivity contribution in [2.75, 3.05) is 52.5 Å². The van der Waals surface area contributed by atoms with Crippen LogP contribution in [-0.2, 0) is 39.9 Å². The Morgan fingerprint density at radius 1 is 0.818 bits per heavy atom. The lowest BCUT2D eigenvalue weighted by Gasteiger charge is -2.46. The SMILES string of the molecule is CNC(CCCCNC(=O)OCCN(N)/C1=C(\N)c2ccccc2N(C(=O)C(C)(C)CC(C)(C)NC(=O)C(C)(C)CC(C)(C)C(C)(C)OCCC(C)(C)OC)Cc2ccccc21)C(=O)OC. The number of ether oxygens (including phenoxy) is 4. The summed E-state index contributed by atoms with van der Waals surface area (Å²) in [6, 6.07) is 14.8. The van der Waals surface area contributed by atoms with Crippen LogP contribution >= 0.6 is 0 Å². The van der Waals surface area contributed by atoms with Crippen LogP contribution in [0.1, 0.15) is 138 Å². The average molecular weight is 922 g/mol. The second-order valence-corrected chi connectivity index (χ2v) is 21.4. The zero-order chi connectivity index (χ0) is 49.9. The molecule has 0 radical (unpaired) electrons. The molecule has 0 aliphatic carbocycles. The highest BCUT2D eigenvalue weighted by Crippen LogP contribution is 2.45. The van der Waals surface area contributed by atoms with Crippen LogP contribution in [0.4, 0.5) is 10.5 Å². The Morgan fingerprint density at radius 2 is 1.44 bits per heavy atom. The number of hydrogen-bond acceptors (Lipinski definition) is 12. The van der Waals surface area contributed by atoms with Gasteiger partial charge in [-0.05, 0) is 104 Å². The van der Waals surface area contributed by atoms with Crippen molar-refractivity contribution in [3.8, 4) is 0 Å². The minimum atomic E-state index is -0.940. The van der Waals surface area contributed by atoms with E-state index >= 15 is 4.79 Å². The molecular formula is C51H83N7O8. The number of amides is 3. The highest BCUT2D eigenvalue weighted by molar-refractivity contribution is 6.03. The summed E-state index contributed by atoms with van der Waals surface area (Å²) in [7, 11) is 4.76. The smallest absolute Gasteiger partial charge is 0.407 e. The molecule has 0 bridgehead atoms. The van der Waals surface area contributed by atoms with Gasteiger partial charge in [-0.2, -0.15) is 0 Å². The van der Waals surface area contributed by atoms with Crippen molar-refractivity contribution in [1.82, 2.24) is 21.0 Å². The van der Waals surface area contributed by atoms with Crippen molar-refractivity contribution < 1.29 is 38.1 Å². The van der Waals surface area contributed by atoms with E-state index in [2.05, 4.69) is 43.6 Å². The van der Waals surface area contributed by atoms with Crippen molar-refractivity contribution in [3.05, 3.63) is 65.2 Å². The lowest BCUT2D eigenvalue weighted by Crippen LogP contribution is -2.55. The Kier molecular flexibility index (Phi) is 19.3. The minimum absolute atomic E-state index is 0.0203. The Bertz CT molecular complexity index is 2010. The number of alkyl carbamates (subject to hydrolysis) is 1. The summed E-state index contributed by atoms with van der Waals surface area (Å²) in [4.78, 5) is 55.4. The monoisotopic (exact) mass is 922 g/mol. The molecule has 7 N–H and O–H groups in total. The summed E-state index contributed by atoms with van der Waals surface area (Å²) >= 11 is 0. The molecule has 66 heavy (non-hydrogen) atoms. The average Bonchev–Trinajstić information content (AvgIpc) is 3.22. The predicted octanol–water partition coefficient (Wildman–Crippen LogP) is 7.51. The van der Waals surface area contributed by atoms with E-state index in [1.165, 1.54) is 12.1 Å². The van der Waals surface area contributed by atoms with Gasteiger partial charge in [-0.1, -0.05) is 84.0 Å². The summed E-state index contributed by atoms with van der Waals surface area (Å²) in [6.45, 7) is 25.5. The summed E-state index contributed by atoms with van der Waals surface area (Å²) < 4.78 is 22.3. The van der Waals surface area contributed by atoms with Crippen molar-refractivity contribution in [3.63, 3.8) is 0 Å². The van der Waals surface area contributed by atoms with Crippen molar-refractivity contribution in [1.29, 1.82) is 0 Å². The number of benzene rings is 2. The number of unbranched alkanes of at least 4 members (excludes halogenated alkanes) is 1. The number of rotatable bonds is 24. The maximum atomic E-state index is 15.0. The molecule has 3 rings (SSSR count). The van der Waals surface area contributed by atoms with E-state index in [0.717, 1.165) is 17.5 Å². The second-order valence-electron chi connectivity index (χ2n) is 21.4. The topological polar surface area (TPSA) is 200 Å². The van der Waals surface area contributed by atoms with Gasteiger partial charge >= 0.3 is 12.1 Å². The fourth-order valence-corrected chi connectivity index (χ4v) is 8.74. The van der Waals surface area contributed by atoms with Crippen molar-refractivity contribution in [2.45, 2.75) is 151 Å². The highest BCUT2D eigenvalue weighted by Gasteiger charge is 2.46. The van der Waals surface area contributed by atoms with Gasteiger partial charge in [0.15, 0.2) is 0 Å². The number of carbonyl (C=O) groups is 4. The molecule has 1 aliphatic rings. The second kappa shape index (κ2) is 22.9. The number of nitrogens with two attached hydrogens (primary N) is 2. The van der Waals surface area contributed by atoms with E-state index < -0.39 is 34.1 Å². The van der Waals surface area contributed by atoms with E-state index in [0.29, 0.717) is 67.9 Å². The first kappa shape index (κ1) is 55.6. The maximum absolute atomic E-state index is 15.0. The summed E-state index contributed by atoms with van der Waals surface area (Å²) in [6.07, 6.45) is 3.00. The van der Waals surface area contributed by atoms with E-state index in [1.807, 2.05) is 104 Å². The van der Waals surface area contributed by atoms with Gasteiger partial charge in [-0.15, -0.1) is 0 Å². The molecule has 0 fully saturated rings. The van der Waals surface area contributed by atoms with E-state index in [1.54, 1.807) is 19.1 Å². The minimum Gasteiger partial charge on any atom is -0.468 e. The van der Waals surface area contributed by atoms with Crippen LogP contribution in [0.25, 0.3) is 11.4 Å². The molecule has 0 spiro atoms. The number of anilines is 1. The number of nitrogens with one attached hydrogen (secondary N) is 3. The van der Waals surface area contributed by atoms with Gasteiger partial charge in [0.2, 0.25) is 11.8 Å². The molecule has 15 heteroatoms. The number of hydrogen-bond donors (Lipinski definition) is 5. The Labute approximate surface area is 395 Å². The highest BCUT2D eigenvalue weighted by atomic mass is 16.5. The molecule has 1 aliphatic heterocycles. The number of para-hydroxylation sites is 1. The van der Waals surface area contributed by atoms with Crippen LogP contribution in [0.15, 0.2) is 48.5 Å². The molecule has 2 aromatic carbocycles. The number of fused-ring (bicyclic) bond motifs is 2. The normalized spacial score (nSPS) is 15.4. The number of hydrazine groups is 1. The van der Waals surface area contributed by atoms with E-state index in [9.17, 15) is 14.4 Å². The summed E-state index contributed by atoms with van der Waals surface area (Å²) in [5.41, 5.74) is 7.11. The van der Waals surface area contributed by atoms with Crippen LogP contribution in [-0.4, -0.2) is 99.2 Å². The van der Waals surface area contributed by atoms with Crippen molar-refractivity contribution >= 4 is 41.0 Å². The summed E-state index contributed by atoms with van der Waals surface area (Å²) in [5, 5.41) is 10.5. The van der Waals surface area contributed by atoms with E-state index in [4.69, 9.17) is 30.5 Å². The van der Waals surface area contributed by atoms with Gasteiger partial charge in [-0.3, -0.25) is 14.4 Å². The lowest BCUT2D eigenvalue weighted by atomic mass is 9.66. The third-order valence-corrected chi connectivity index (χ3v) is 13.2. The molecule has 2 aromatic rings. The molecular weight excluding hydrogens is 839 g/mol. The fourth-order valence-electron chi connectivity index (χ4n) is 8.74. The standard InChI is InChI=1S/C51H83N7O8/c1-46(2,33-48(5,6)51(11,12)66-30-27-50(9,10)64-15)43(60)56-49(7,8)34-47(3,4)44(61)57-32-35-22-16-17-23-36(35)41(40(52)37-24-18-19-26-39(37)57)58(53)29-31-65-45(62)55-28-21-20-25-38(54-13)42(59)63-14/h16-19,22-24,26,38,54H,20-21,25,27-34,52-53H2,1-15H3,(H,55,62)(H,56,60)/b41-40-. The van der Waals surface area contributed by atoms with Crippen molar-refractivity contribution in [2.24, 2.45) is 27.8 Å². The van der Waals surface area contributed by atoms with Gasteiger partial charge in [0.25, 0.3) is 0 Å². The molecule has 15 nitrogen and oxygen atoms in total. The van der Waals surface area contributed by atoms with Crippen LogP contribution in [0.3, 0.4) is 0 Å². The quantitative estimate of drug-likeness (QED) is 0.0301. The third kappa shape index (κ3) is 14.9. The maximum Gasteiger partial charge on any atom is 0.407 e. The van der Waals surface area contributed by atoms with Gasteiger partial charge in [0.05, 0.1) is 55.1 Å². The Balaban J connectivity index is 1.77. The first-order chi connectivity index (χ1) is 30.5. The van der Waals surface area contributed by atoms with Crippen LogP contribution in [0.5, 0.6) is 0 Å². The number of carbonyl (C=O) groups excluding carboxylic acids is 4. The predicted molar refractivity (Wildman–Crippen MR) is 263 cm³/mol. The largest absolute Gasteiger partial charge is 0.468 e. The van der Waals surface area contributed by atoms with Gasteiger partial charge in [0, 0.05) is 41.2 Å². The van der Waals surface area contributed by atoms with Crippen LogP contribution < -0.4 is 32.4 Å². The molecule has 0 saturated carbocycles. The molecule has 0 aromatic heterocycles. The first-order valence-electron chi connectivity index (χ1n) is 23.2. The van der Waals surface area contributed by atoms with E-state index in [-0.39, 0.29) is 48.5 Å². The number of esters is 1. The zero-order valence-corrected chi connectivity index (χ0v) is 42.8. The van der Waals surface area contributed by atoms with Gasteiger partial charge in [-0.25, -0.2) is 10.6 Å². The summed E-state index contributed by atoms with van der Waals surface area (Å²) in [5.74, 6) is 6.20. The molecule has 3 amide bonds. The zero-order valence-electron chi connectivity index (χ0n) is 42.8. The Hall–Kier alpha value is -4.70. The van der Waals surface area contributed by atoms with Gasteiger partial charge < -0.3 is 50.5 Å². The molecule has 1 heterocycles. The van der Waals surface area contributed by atoms with Gasteiger partial charge in [0.1, 0.15) is 12.6 Å². The lowest BCUT2D eigenvalue weighted by molar-refractivity contribution is -0.144. The molecule has 0 saturated heterocycles. The van der Waals surface area contributed by atoms with Crippen LogP contribution in [0, 0.1) is 16.2 Å². The molecule has 370 valence electrons. The Morgan fingerprint density at radius 3 is 2.06 bits per heavy atom.